The van der Waals surface area contributed by atoms with Gasteiger partial charge in [-0.05, 0) is 19.3 Å². The van der Waals surface area contributed by atoms with Gasteiger partial charge in [0.2, 0.25) is 5.91 Å². The van der Waals surface area contributed by atoms with Crippen LogP contribution in [-0.2, 0) is 20.4 Å². The summed E-state index contributed by atoms with van der Waals surface area (Å²) in [5, 5.41) is 11.3. The largest absolute Gasteiger partial charge is 0.480 e. The summed E-state index contributed by atoms with van der Waals surface area (Å²) in [6.45, 7) is 0.348. The molecule has 0 fully saturated rings. The van der Waals surface area contributed by atoms with Crippen LogP contribution in [0.2, 0.25) is 0 Å². The van der Waals surface area contributed by atoms with E-state index < -0.39 is 34.8 Å². The van der Waals surface area contributed by atoms with E-state index in [0.29, 0.717) is 19.4 Å². The van der Waals surface area contributed by atoms with Gasteiger partial charge in [0.15, 0.2) is 5.96 Å². The number of amides is 1. The highest BCUT2D eigenvalue weighted by molar-refractivity contribution is 7.84. The van der Waals surface area contributed by atoms with Crippen LogP contribution in [0.15, 0.2) is 4.99 Å². The van der Waals surface area contributed by atoms with Gasteiger partial charge >= 0.3 is 5.97 Å². The maximum Gasteiger partial charge on any atom is 0.326 e. The first kappa shape index (κ1) is 19.3. The van der Waals surface area contributed by atoms with Crippen molar-refractivity contribution >= 4 is 28.6 Å². The maximum absolute atomic E-state index is 11.8. The molecule has 9 nitrogen and oxygen atoms in total. The van der Waals surface area contributed by atoms with Crippen LogP contribution >= 0.6 is 0 Å². The molecule has 0 saturated heterocycles. The number of carbonyl (C=O) groups is 2. The molecule has 0 aliphatic rings. The van der Waals surface area contributed by atoms with E-state index in [9.17, 15) is 13.8 Å². The van der Waals surface area contributed by atoms with Crippen LogP contribution in [0.3, 0.4) is 0 Å². The number of carbonyl (C=O) groups excluding carboxylic acids is 1. The molecule has 1 amide bonds. The number of aliphatic carboxylic acids is 1. The molecule has 0 bridgehead atoms. The van der Waals surface area contributed by atoms with Gasteiger partial charge in [-0.15, -0.1) is 0 Å². The summed E-state index contributed by atoms with van der Waals surface area (Å²) >= 11 is 0. The molecule has 0 saturated carbocycles. The Labute approximate surface area is 125 Å². The SMILES string of the molecule is CS(=O)CCC(NC(=O)C(N)CCCN=C(N)N)C(=O)O. The van der Waals surface area contributed by atoms with Crippen molar-refractivity contribution in [3.63, 3.8) is 0 Å². The molecule has 3 atom stereocenters. The molecule has 8 N–H and O–H groups in total. The number of carboxylic acids is 1. The Kier molecular flexibility index (Phi) is 9.30. The van der Waals surface area contributed by atoms with E-state index >= 15 is 0 Å². The van der Waals surface area contributed by atoms with E-state index in [-0.39, 0.29) is 18.1 Å². The summed E-state index contributed by atoms with van der Waals surface area (Å²) in [6, 6.07) is -1.93. The zero-order chi connectivity index (χ0) is 16.4. The highest BCUT2D eigenvalue weighted by atomic mass is 32.2. The van der Waals surface area contributed by atoms with Crippen LogP contribution in [0.1, 0.15) is 19.3 Å². The monoisotopic (exact) mass is 321 g/mol. The molecule has 10 heteroatoms. The lowest BCUT2D eigenvalue weighted by molar-refractivity contribution is -0.142. The van der Waals surface area contributed by atoms with Crippen LogP contribution in [-0.4, -0.2) is 57.8 Å². The van der Waals surface area contributed by atoms with Crippen molar-refractivity contribution in [2.24, 2.45) is 22.2 Å². The van der Waals surface area contributed by atoms with Crippen molar-refractivity contribution in [2.45, 2.75) is 31.3 Å². The number of rotatable bonds is 10. The molecular weight excluding hydrogens is 298 g/mol. The van der Waals surface area contributed by atoms with E-state index in [1.165, 1.54) is 6.26 Å². The van der Waals surface area contributed by atoms with Gasteiger partial charge in [0.1, 0.15) is 6.04 Å². The molecule has 0 aliphatic heterocycles. The topological polar surface area (TPSA) is 174 Å². The third kappa shape index (κ3) is 9.79. The summed E-state index contributed by atoms with van der Waals surface area (Å²) in [5.74, 6) is -1.58. The van der Waals surface area contributed by atoms with Crippen molar-refractivity contribution in [1.29, 1.82) is 0 Å². The Morgan fingerprint density at radius 2 is 1.95 bits per heavy atom. The second-order valence-electron chi connectivity index (χ2n) is 4.52. The minimum Gasteiger partial charge on any atom is -0.480 e. The molecule has 0 aromatic rings. The first-order valence-corrected chi connectivity index (χ1v) is 8.11. The Morgan fingerprint density at radius 3 is 2.43 bits per heavy atom. The number of nitrogens with zero attached hydrogens (tertiary/aromatic N) is 1. The molecule has 0 heterocycles. The van der Waals surface area contributed by atoms with Crippen molar-refractivity contribution in [2.75, 3.05) is 18.6 Å². The van der Waals surface area contributed by atoms with E-state index in [4.69, 9.17) is 22.3 Å². The van der Waals surface area contributed by atoms with Gasteiger partial charge in [-0.25, -0.2) is 4.79 Å². The lowest BCUT2D eigenvalue weighted by Gasteiger charge is -2.17. The average molecular weight is 321 g/mol. The summed E-state index contributed by atoms with van der Waals surface area (Å²) in [6.07, 6.45) is 2.39. The van der Waals surface area contributed by atoms with Crippen molar-refractivity contribution in [3.8, 4) is 0 Å². The summed E-state index contributed by atoms with van der Waals surface area (Å²) in [5.41, 5.74) is 16.0. The van der Waals surface area contributed by atoms with Gasteiger partial charge in [-0.1, -0.05) is 0 Å². The van der Waals surface area contributed by atoms with Crippen LogP contribution < -0.4 is 22.5 Å². The number of hydrogen-bond acceptors (Lipinski definition) is 5. The van der Waals surface area contributed by atoms with Crippen LogP contribution in [0.25, 0.3) is 0 Å². The standard InChI is InChI=1S/C11H23N5O4S/c1-21(20)6-4-8(10(18)19)16-9(17)7(12)3-2-5-15-11(13)14/h7-8H,2-6,12H2,1H3,(H,16,17)(H,18,19)(H4,13,14,15). The molecule has 3 unspecified atom stereocenters. The summed E-state index contributed by atoms with van der Waals surface area (Å²) in [4.78, 5) is 26.5. The Morgan fingerprint density at radius 1 is 1.33 bits per heavy atom. The fourth-order valence-corrected chi connectivity index (χ4v) is 2.04. The van der Waals surface area contributed by atoms with E-state index in [2.05, 4.69) is 10.3 Å². The zero-order valence-corrected chi connectivity index (χ0v) is 12.8. The van der Waals surface area contributed by atoms with E-state index in [0.717, 1.165) is 0 Å². The minimum atomic E-state index is -1.18. The van der Waals surface area contributed by atoms with Gasteiger partial charge in [-0.3, -0.25) is 14.0 Å². The third-order valence-corrected chi connectivity index (χ3v) is 3.42. The highest BCUT2D eigenvalue weighted by Gasteiger charge is 2.23. The van der Waals surface area contributed by atoms with Gasteiger partial charge in [-0.2, -0.15) is 0 Å². The van der Waals surface area contributed by atoms with Gasteiger partial charge < -0.3 is 27.6 Å². The molecule has 21 heavy (non-hydrogen) atoms. The van der Waals surface area contributed by atoms with Crippen LogP contribution in [0.5, 0.6) is 0 Å². The van der Waals surface area contributed by atoms with Gasteiger partial charge in [0, 0.05) is 29.4 Å². The van der Waals surface area contributed by atoms with Crippen molar-refractivity contribution in [1.82, 2.24) is 5.32 Å². The molecule has 0 rings (SSSR count). The average Bonchev–Trinajstić information content (AvgIpc) is 2.38. The smallest absolute Gasteiger partial charge is 0.326 e. The van der Waals surface area contributed by atoms with Gasteiger partial charge in [0.25, 0.3) is 0 Å². The fourth-order valence-electron chi connectivity index (χ4n) is 1.47. The highest BCUT2D eigenvalue weighted by Crippen LogP contribution is 1.99. The second-order valence-corrected chi connectivity index (χ2v) is 6.08. The maximum atomic E-state index is 11.8. The molecule has 0 spiro atoms. The number of nitrogens with two attached hydrogens (primary N) is 3. The quantitative estimate of drug-likeness (QED) is 0.171. The molecular formula is C11H23N5O4S. The first-order valence-electron chi connectivity index (χ1n) is 6.38. The van der Waals surface area contributed by atoms with Crippen LogP contribution in [0, 0.1) is 0 Å². The first-order chi connectivity index (χ1) is 9.73. The normalized spacial score (nSPS) is 14.8. The predicted octanol–water partition coefficient (Wildman–Crippen LogP) is -2.29. The number of hydrogen-bond donors (Lipinski definition) is 5. The number of aliphatic imine (C=N–C) groups is 1. The Balaban J connectivity index is 4.24. The van der Waals surface area contributed by atoms with Crippen LogP contribution in [0.4, 0.5) is 0 Å². The number of carboxylic acid groups (broad SMARTS) is 1. The number of nitrogens with one attached hydrogen (secondary N) is 1. The van der Waals surface area contributed by atoms with E-state index in [1.807, 2.05) is 0 Å². The molecule has 0 aliphatic carbocycles. The predicted molar refractivity (Wildman–Crippen MR) is 81.0 cm³/mol. The molecule has 122 valence electrons. The van der Waals surface area contributed by atoms with E-state index in [1.54, 1.807) is 0 Å². The number of guanidine groups is 1. The summed E-state index contributed by atoms with van der Waals surface area (Å²) < 4.78 is 11.0. The molecule has 0 aromatic carbocycles. The van der Waals surface area contributed by atoms with Crippen molar-refractivity contribution in [3.05, 3.63) is 0 Å². The lowest BCUT2D eigenvalue weighted by atomic mass is 10.1. The zero-order valence-electron chi connectivity index (χ0n) is 11.9. The second kappa shape index (κ2) is 10.1. The van der Waals surface area contributed by atoms with Crippen molar-refractivity contribution < 1.29 is 18.9 Å². The minimum absolute atomic E-state index is 0.0356. The third-order valence-electron chi connectivity index (χ3n) is 2.61. The lowest BCUT2D eigenvalue weighted by Crippen LogP contribution is -2.48. The van der Waals surface area contributed by atoms with Gasteiger partial charge in [0.05, 0.1) is 6.04 Å². The summed E-state index contributed by atoms with van der Waals surface area (Å²) in [7, 11) is -1.12. The Hall–Kier alpha value is -1.68. The molecule has 0 radical (unpaired) electrons. The molecule has 0 aromatic heterocycles. The Bertz CT molecular complexity index is 411. The fraction of sp³-hybridized carbons (Fsp3) is 0.727.